The van der Waals surface area contributed by atoms with Crippen LogP contribution in [-0.4, -0.2) is 17.1 Å². The minimum atomic E-state index is -0.933. The quantitative estimate of drug-likeness (QED) is 0.851. The second-order valence-corrected chi connectivity index (χ2v) is 6.03. The molecular formula is C11H13BrO2S. The van der Waals surface area contributed by atoms with E-state index in [1.165, 1.54) is 12.8 Å². The number of benzene rings is 1. The third-order valence-corrected chi connectivity index (χ3v) is 3.94. The molecule has 4 heteroatoms. The molecule has 1 aliphatic carbocycles. The first kappa shape index (κ1) is 11.1. The molecule has 0 N–H and O–H groups in total. The van der Waals surface area contributed by atoms with Gasteiger partial charge in [0, 0.05) is 22.0 Å². The van der Waals surface area contributed by atoms with Gasteiger partial charge in [0.15, 0.2) is 0 Å². The Hall–Kier alpha value is -0.350. The first-order valence-corrected chi connectivity index (χ1v) is 7.27. The third-order valence-electron chi connectivity index (χ3n) is 2.41. The molecule has 2 nitrogen and oxygen atoms in total. The molecular weight excluding hydrogens is 276 g/mol. The molecule has 1 aromatic carbocycles. The molecule has 1 saturated carbocycles. The Morgan fingerprint density at radius 1 is 1.53 bits per heavy atom. The first-order chi connectivity index (χ1) is 7.16. The van der Waals surface area contributed by atoms with Crippen LogP contribution < -0.4 is 4.74 Å². The molecule has 1 aliphatic rings. The van der Waals surface area contributed by atoms with Crippen molar-refractivity contribution >= 4 is 26.7 Å². The zero-order chi connectivity index (χ0) is 10.8. The summed E-state index contributed by atoms with van der Waals surface area (Å²) in [5.41, 5.74) is 0. The standard InChI is InChI=1S/C11H13BrO2S/c1-15(13)9-4-5-11(10(12)6-9)14-7-8-2-3-8/h4-6,8H,2-3,7H2,1H3. The van der Waals surface area contributed by atoms with Gasteiger partial charge in [-0.05, 0) is 52.9 Å². The molecule has 82 valence electrons. The van der Waals surface area contributed by atoms with Crippen LogP contribution in [0.5, 0.6) is 5.75 Å². The van der Waals surface area contributed by atoms with Crippen molar-refractivity contribution < 1.29 is 8.95 Å². The Morgan fingerprint density at radius 3 is 2.80 bits per heavy atom. The van der Waals surface area contributed by atoms with Crippen molar-refractivity contribution in [3.63, 3.8) is 0 Å². The van der Waals surface area contributed by atoms with Crippen molar-refractivity contribution in [1.82, 2.24) is 0 Å². The summed E-state index contributed by atoms with van der Waals surface area (Å²) >= 11 is 3.43. The Balaban J connectivity index is 2.07. The molecule has 1 aromatic rings. The lowest BCUT2D eigenvalue weighted by molar-refractivity contribution is 0.298. The molecule has 0 saturated heterocycles. The molecule has 0 bridgehead atoms. The van der Waals surface area contributed by atoms with Crippen LogP contribution in [0, 0.1) is 5.92 Å². The molecule has 15 heavy (non-hydrogen) atoms. The van der Waals surface area contributed by atoms with Crippen LogP contribution in [0.15, 0.2) is 27.6 Å². The van der Waals surface area contributed by atoms with E-state index in [1.807, 2.05) is 18.2 Å². The fourth-order valence-corrected chi connectivity index (χ4v) is 2.46. The third kappa shape index (κ3) is 3.05. The maximum Gasteiger partial charge on any atom is 0.133 e. The highest BCUT2D eigenvalue weighted by atomic mass is 79.9. The number of rotatable bonds is 4. The van der Waals surface area contributed by atoms with E-state index >= 15 is 0 Å². The summed E-state index contributed by atoms with van der Waals surface area (Å²) in [4.78, 5) is 0.820. The minimum absolute atomic E-state index is 0.747. The van der Waals surface area contributed by atoms with Gasteiger partial charge in [0.25, 0.3) is 0 Å². The molecule has 0 spiro atoms. The zero-order valence-corrected chi connectivity index (χ0v) is 10.9. The van der Waals surface area contributed by atoms with E-state index in [2.05, 4.69) is 15.9 Å². The fourth-order valence-electron chi connectivity index (χ4n) is 1.27. The number of hydrogen-bond donors (Lipinski definition) is 0. The van der Waals surface area contributed by atoms with Gasteiger partial charge in [-0.25, -0.2) is 0 Å². The van der Waals surface area contributed by atoms with Gasteiger partial charge in [0.1, 0.15) is 5.75 Å². The molecule has 0 aromatic heterocycles. The van der Waals surface area contributed by atoms with Gasteiger partial charge in [-0.2, -0.15) is 0 Å². The maximum absolute atomic E-state index is 11.2. The van der Waals surface area contributed by atoms with Crippen molar-refractivity contribution in [1.29, 1.82) is 0 Å². The number of hydrogen-bond acceptors (Lipinski definition) is 2. The van der Waals surface area contributed by atoms with Crippen molar-refractivity contribution in [2.45, 2.75) is 17.7 Å². The Bertz CT molecular complexity index is 388. The van der Waals surface area contributed by atoms with Crippen molar-refractivity contribution in [3.8, 4) is 5.75 Å². The van der Waals surface area contributed by atoms with Gasteiger partial charge < -0.3 is 4.74 Å². The van der Waals surface area contributed by atoms with Crippen LogP contribution in [-0.2, 0) is 10.8 Å². The maximum atomic E-state index is 11.2. The van der Waals surface area contributed by atoms with Crippen molar-refractivity contribution in [3.05, 3.63) is 22.7 Å². The lowest BCUT2D eigenvalue weighted by atomic mass is 10.3. The van der Waals surface area contributed by atoms with Gasteiger partial charge in [-0.1, -0.05) is 0 Å². The predicted octanol–water partition coefficient (Wildman–Crippen LogP) is 2.98. The predicted molar refractivity (Wildman–Crippen MR) is 64.7 cm³/mol. The summed E-state index contributed by atoms with van der Waals surface area (Å²) in [7, 11) is -0.933. The van der Waals surface area contributed by atoms with Gasteiger partial charge >= 0.3 is 0 Å². The Labute approximate surface area is 101 Å². The molecule has 1 unspecified atom stereocenters. The molecule has 0 radical (unpaired) electrons. The van der Waals surface area contributed by atoms with Crippen molar-refractivity contribution in [2.75, 3.05) is 12.9 Å². The van der Waals surface area contributed by atoms with Gasteiger partial charge in [0.05, 0.1) is 11.1 Å². The average molecular weight is 289 g/mol. The lowest BCUT2D eigenvalue weighted by Crippen LogP contribution is -2.00. The summed E-state index contributed by atoms with van der Waals surface area (Å²) in [5, 5.41) is 0. The van der Waals surface area contributed by atoms with Crippen LogP contribution in [0.1, 0.15) is 12.8 Å². The van der Waals surface area contributed by atoms with E-state index in [0.29, 0.717) is 0 Å². The molecule has 1 atom stereocenters. The summed E-state index contributed by atoms with van der Waals surface area (Å²) in [5.74, 6) is 1.59. The topological polar surface area (TPSA) is 26.3 Å². The monoisotopic (exact) mass is 288 g/mol. The van der Waals surface area contributed by atoms with Gasteiger partial charge in [0.2, 0.25) is 0 Å². The normalized spacial score (nSPS) is 17.5. The minimum Gasteiger partial charge on any atom is -0.492 e. The summed E-state index contributed by atoms with van der Waals surface area (Å²) < 4.78 is 17.8. The fraction of sp³-hybridized carbons (Fsp3) is 0.455. The van der Waals surface area contributed by atoms with Crippen LogP contribution in [0.2, 0.25) is 0 Å². The lowest BCUT2D eigenvalue weighted by Gasteiger charge is -2.08. The van der Waals surface area contributed by atoms with Crippen LogP contribution in [0.25, 0.3) is 0 Å². The highest BCUT2D eigenvalue weighted by Gasteiger charge is 2.22. The van der Waals surface area contributed by atoms with Crippen molar-refractivity contribution in [2.24, 2.45) is 5.92 Å². The van der Waals surface area contributed by atoms with Crippen LogP contribution in [0.4, 0.5) is 0 Å². The van der Waals surface area contributed by atoms with E-state index in [1.54, 1.807) is 6.26 Å². The molecule has 0 heterocycles. The molecule has 0 amide bonds. The zero-order valence-electron chi connectivity index (χ0n) is 8.53. The average Bonchev–Trinajstić information content (AvgIpc) is 2.99. The van der Waals surface area contributed by atoms with Gasteiger partial charge in [-0.3, -0.25) is 4.21 Å². The van der Waals surface area contributed by atoms with E-state index in [9.17, 15) is 4.21 Å². The largest absolute Gasteiger partial charge is 0.492 e. The molecule has 0 aliphatic heterocycles. The second kappa shape index (κ2) is 4.66. The van der Waals surface area contributed by atoms with Gasteiger partial charge in [-0.15, -0.1) is 0 Å². The van der Waals surface area contributed by atoms with Crippen LogP contribution in [0.3, 0.4) is 0 Å². The second-order valence-electron chi connectivity index (χ2n) is 3.80. The molecule has 2 rings (SSSR count). The van der Waals surface area contributed by atoms with E-state index in [0.717, 1.165) is 27.6 Å². The molecule has 1 fully saturated rings. The number of ether oxygens (including phenoxy) is 1. The van der Waals surface area contributed by atoms with E-state index in [4.69, 9.17) is 4.74 Å². The Kier molecular flexibility index (Phi) is 3.46. The SMILES string of the molecule is CS(=O)c1ccc(OCC2CC2)c(Br)c1. The summed E-state index contributed by atoms with van der Waals surface area (Å²) in [6.07, 6.45) is 4.25. The first-order valence-electron chi connectivity index (χ1n) is 4.92. The van der Waals surface area contributed by atoms with E-state index in [-0.39, 0.29) is 0 Å². The van der Waals surface area contributed by atoms with E-state index < -0.39 is 10.8 Å². The summed E-state index contributed by atoms with van der Waals surface area (Å²) in [6, 6.07) is 5.59. The van der Waals surface area contributed by atoms with Crippen LogP contribution >= 0.6 is 15.9 Å². The summed E-state index contributed by atoms with van der Waals surface area (Å²) in [6.45, 7) is 0.799. The smallest absolute Gasteiger partial charge is 0.133 e. The highest BCUT2D eigenvalue weighted by Crippen LogP contribution is 2.32. The number of halogens is 1. The highest BCUT2D eigenvalue weighted by molar-refractivity contribution is 9.10. The Morgan fingerprint density at radius 2 is 2.27 bits per heavy atom.